The lowest BCUT2D eigenvalue weighted by molar-refractivity contribution is -0.155. The van der Waals surface area contributed by atoms with Crippen molar-refractivity contribution in [2.75, 3.05) is 13.7 Å². The molecule has 2 unspecified atom stereocenters. The summed E-state index contributed by atoms with van der Waals surface area (Å²) in [4.78, 5) is 14.8. The number of fused-ring (bicyclic) bond motifs is 2. The first kappa shape index (κ1) is 14.5. The van der Waals surface area contributed by atoms with Gasteiger partial charge in [-0.2, -0.15) is 0 Å². The lowest BCUT2D eigenvalue weighted by Crippen LogP contribution is -2.43. The van der Waals surface area contributed by atoms with E-state index in [0.29, 0.717) is 12.1 Å². The van der Waals surface area contributed by atoms with Crippen LogP contribution in [-0.2, 0) is 9.53 Å². The van der Waals surface area contributed by atoms with E-state index in [9.17, 15) is 9.90 Å². The molecular weight excluding hydrogens is 266 g/mol. The van der Waals surface area contributed by atoms with Gasteiger partial charge in [0.2, 0.25) is 0 Å². The maximum Gasteiger partial charge on any atom is 0.316 e. The van der Waals surface area contributed by atoms with Gasteiger partial charge in [-0.1, -0.05) is 30.3 Å². The Bertz CT molecular complexity index is 476. The van der Waals surface area contributed by atoms with Crippen LogP contribution in [0.1, 0.15) is 37.2 Å². The second-order valence-electron chi connectivity index (χ2n) is 6.23. The van der Waals surface area contributed by atoms with Crippen molar-refractivity contribution in [3.63, 3.8) is 0 Å². The highest BCUT2D eigenvalue weighted by atomic mass is 16.5. The number of piperidine rings is 1. The van der Waals surface area contributed by atoms with Crippen molar-refractivity contribution in [3.05, 3.63) is 35.9 Å². The van der Waals surface area contributed by atoms with Gasteiger partial charge in [-0.3, -0.25) is 4.79 Å². The summed E-state index contributed by atoms with van der Waals surface area (Å²) in [5, 5.41) is 9.53. The highest BCUT2D eigenvalue weighted by Crippen LogP contribution is 2.36. The van der Waals surface area contributed by atoms with E-state index in [-0.39, 0.29) is 18.7 Å². The quantitative estimate of drug-likeness (QED) is 0.861. The number of ether oxygens (including phenoxy) is 1. The molecule has 21 heavy (non-hydrogen) atoms. The molecule has 1 aromatic carbocycles. The topological polar surface area (TPSA) is 49.8 Å². The normalized spacial score (nSPS) is 30.1. The molecule has 2 saturated heterocycles. The van der Waals surface area contributed by atoms with Crippen LogP contribution < -0.4 is 0 Å². The van der Waals surface area contributed by atoms with Crippen LogP contribution >= 0.6 is 0 Å². The Kier molecular flexibility index (Phi) is 4.27. The molecule has 0 radical (unpaired) electrons. The van der Waals surface area contributed by atoms with Gasteiger partial charge < -0.3 is 14.7 Å². The lowest BCUT2D eigenvalue weighted by atomic mass is 9.98. The summed E-state index contributed by atoms with van der Waals surface area (Å²) in [7, 11) is 2.17. The average molecular weight is 289 g/mol. The molecule has 0 spiro atoms. The van der Waals surface area contributed by atoms with Crippen molar-refractivity contribution in [1.82, 2.24) is 4.90 Å². The van der Waals surface area contributed by atoms with Crippen LogP contribution in [0.5, 0.6) is 0 Å². The predicted octanol–water partition coefficient (Wildman–Crippen LogP) is 1.93. The summed E-state index contributed by atoms with van der Waals surface area (Å²) in [5.41, 5.74) is 0.820. The number of hydrogen-bond donors (Lipinski definition) is 1. The van der Waals surface area contributed by atoms with Crippen LogP contribution in [0, 0.1) is 0 Å². The SMILES string of the molecule is CN1C2CC[C@H]1CC(OC(=O)[C@H](CO)c1ccccc1)C2. The Morgan fingerprint density at radius 2 is 1.90 bits per heavy atom. The first-order valence-corrected chi connectivity index (χ1v) is 7.77. The van der Waals surface area contributed by atoms with E-state index in [1.807, 2.05) is 30.3 Å². The molecule has 1 aromatic rings. The molecule has 114 valence electrons. The summed E-state index contributed by atoms with van der Waals surface area (Å²) in [5.74, 6) is -0.860. The molecule has 2 bridgehead atoms. The van der Waals surface area contributed by atoms with E-state index in [1.54, 1.807) is 0 Å². The predicted molar refractivity (Wildman–Crippen MR) is 80.0 cm³/mol. The van der Waals surface area contributed by atoms with Crippen molar-refractivity contribution in [1.29, 1.82) is 0 Å². The van der Waals surface area contributed by atoms with Crippen LogP contribution in [0.25, 0.3) is 0 Å². The maximum absolute atomic E-state index is 12.4. The largest absolute Gasteiger partial charge is 0.462 e. The second kappa shape index (κ2) is 6.16. The van der Waals surface area contributed by atoms with Gasteiger partial charge in [-0.05, 0) is 38.3 Å². The minimum Gasteiger partial charge on any atom is -0.462 e. The molecule has 0 amide bonds. The van der Waals surface area contributed by atoms with Gasteiger partial charge in [0.05, 0.1) is 6.61 Å². The lowest BCUT2D eigenvalue weighted by Gasteiger charge is -2.36. The molecule has 0 aromatic heterocycles. The van der Waals surface area contributed by atoms with Gasteiger partial charge in [0.25, 0.3) is 0 Å². The fourth-order valence-electron chi connectivity index (χ4n) is 3.71. The van der Waals surface area contributed by atoms with Crippen molar-refractivity contribution >= 4 is 5.97 Å². The fraction of sp³-hybridized carbons (Fsp3) is 0.588. The highest BCUT2D eigenvalue weighted by Gasteiger charge is 2.40. The number of aliphatic hydroxyl groups is 1. The number of rotatable bonds is 4. The summed E-state index contributed by atoms with van der Waals surface area (Å²) in [6.45, 7) is -0.206. The Balaban J connectivity index is 1.63. The van der Waals surface area contributed by atoms with Crippen LogP contribution in [-0.4, -0.2) is 47.8 Å². The van der Waals surface area contributed by atoms with Crippen molar-refractivity contribution in [2.24, 2.45) is 0 Å². The Morgan fingerprint density at radius 3 is 2.48 bits per heavy atom. The van der Waals surface area contributed by atoms with Gasteiger partial charge in [0.15, 0.2) is 0 Å². The van der Waals surface area contributed by atoms with E-state index < -0.39 is 5.92 Å². The van der Waals surface area contributed by atoms with E-state index in [2.05, 4.69) is 11.9 Å². The Labute approximate surface area is 125 Å². The smallest absolute Gasteiger partial charge is 0.316 e. The summed E-state index contributed by atoms with van der Waals surface area (Å²) in [6, 6.07) is 10.5. The third-order valence-electron chi connectivity index (χ3n) is 5.01. The number of aliphatic hydroxyl groups excluding tert-OH is 1. The minimum atomic E-state index is -0.566. The minimum absolute atomic E-state index is 0.00367. The molecule has 2 aliphatic rings. The monoisotopic (exact) mass is 289 g/mol. The van der Waals surface area contributed by atoms with Gasteiger partial charge >= 0.3 is 5.97 Å². The van der Waals surface area contributed by atoms with Gasteiger partial charge in [-0.25, -0.2) is 0 Å². The Morgan fingerprint density at radius 1 is 1.29 bits per heavy atom. The van der Waals surface area contributed by atoms with E-state index in [1.165, 1.54) is 12.8 Å². The van der Waals surface area contributed by atoms with Gasteiger partial charge in [0.1, 0.15) is 12.0 Å². The molecule has 0 aliphatic carbocycles. The Hall–Kier alpha value is -1.39. The van der Waals surface area contributed by atoms with Crippen LogP contribution in [0.3, 0.4) is 0 Å². The number of nitrogens with zero attached hydrogens (tertiary/aromatic N) is 1. The number of carbonyl (C=O) groups excluding carboxylic acids is 1. The number of benzene rings is 1. The maximum atomic E-state index is 12.4. The van der Waals surface area contributed by atoms with Crippen molar-refractivity contribution in [3.8, 4) is 0 Å². The molecule has 1 N–H and O–H groups in total. The fourth-order valence-corrected chi connectivity index (χ4v) is 3.71. The first-order valence-electron chi connectivity index (χ1n) is 7.77. The number of hydrogen-bond acceptors (Lipinski definition) is 4. The molecule has 2 heterocycles. The summed E-state index contributed by atoms with van der Waals surface area (Å²) in [6.07, 6.45) is 4.26. The molecule has 0 saturated carbocycles. The molecule has 3 rings (SSSR count). The number of carbonyl (C=O) groups is 1. The van der Waals surface area contributed by atoms with Crippen LogP contribution in [0.15, 0.2) is 30.3 Å². The first-order chi connectivity index (χ1) is 10.2. The summed E-state index contributed by atoms with van der Waals surface area (Å²) >= 11 is 0. The van der Waals surface area contributed by atoms with Crippen molar-refractivity contribution in [2.45, 2.75) is 49.8 Å². The zero-order valence-electron chi connectivity index (χ0n) is 12.4. The summed E-state index contributed by atoms with van der Waals surface area (Å²) < 4.78 is 5.70. The van der Waals surface area contributed by atoms with Crippen molar-refractivity contribution < 1.29 is 14.6 Å². The van der Waals surface area contributed by atoms with Crippen LogP contribution in [0.4, 0.5) is 0 Å². The van der Waals surface area contributed by atoms with E-state index in [0.717, 1.165) is 18.4 Å². The van der Waals surface area contributed by atoms with Gasteiger partial charge in [-0.15, -0.1) is 0 Å². The van der Waals surface area contributed by atoms with Crippen LogP contribution in [0.2, 0.25) is 0 Å². The van der Waals surface area contributed by atoms with E-state index in [4.69, 9.17) is 4.74 Å². The molecule has 4 atom stereocenters. The second-order valence-corrected chi connectivity index (χ2v) is 6.23. The number of esters is 1. The zero-order chi connectivity index (χ0) is 14.8. The molecule has 4 heteroatoms. The highest BCUT2D eigenvalue weighted by molar-refractivity contribution is 5.78. The standard InChI is InChI=1S/C17H23NO3/c1-18-13-7-8-14(18)10-15(9-13)21-17(20)16(11-19)12-5-3-2-4-6-12/h2-6,13-16,19H,7-11H2,1H3/t13-,14?,15?,16+/m0/s1. The molecule has 4 nitrogen and oxygen atoms in total. The molecular formula is C17H23NO3. The van der Waals surface area contributed by atoms with Gasteiger partial charge in [0, 0.05) is 12.1 Å². The molecule has 2 fully saturated rings. The third-order valence-corrected chi connectivity index (χ3v) is 5.01. The zero-order valence-corrected chi connectivity index (χ0v) is 12.4. The average Bonchev–Trinajstić information content (AvgIpc) is 2.72. The third kappa shape index (κ3) is 2.97. The molecule has 2 aliphatic heterocycles. The van der Waals surface area contributed by atoms with E-state index >= 15 is 0 Å².